The van der Waals surface area contributed by atoms with Gasteiger partial charge in [-0.2, -0.15) is 27.1 Å². The molecule has 92 valence electrons. The van der Waals surface area contributed by atoms with E-state index in [1.165, 1.54) is 6.20 Å². The highest BCUT2D eigenvalue weighted by Gasteiger charge is 2.59. The van der Waals surface area contributed by atoms with E-state index < -0.39 is 27.0 Å². The van der Waals surface area contributed by atoms with Crippen LogP contribution in [0, 0.1) is 0 Å². The van der Waals surface area contributed by atoms with Gasteiger partial charge in [0.05, 0.1) is 13.0 Å². The first-order valence-corrected chi connectivity index (χ1v) is 4.68. The third-order valence-electron chi connectivity index (χ3n) is 2.08. The lowest BCUT2D eigenvalue weighted by atomic mass is 10.1. The summed E-state index contributed by atoms with van der Waals surface area (Å²) in [5.41, 5.74) is -1.20. The zero-order chi connectivity index (χ0) is 13.6. The van der Waals surface area contributed by atoms with Gasteiger partial charge < -0.3 is 0 Å². The van der Waals surface area contributed by atoms with Crippen LogP contribution in [0.3, 0.4) is 0 Å². The topological polar surface area (TPSA) is 30.7 Å². The SMILES string of the molecule is [3H]Pn1cc2ncc(C(F)(F)C(F)(F)F)cc2n1. The van der Waals surface area contributed by atoms with Crippen molar-refractivity contribution in [3.8, 4) is 0 Å². The first-order valence-electron chi connectivity index (χ1n) is 4.74. The Morgan fingerprint density at radius 2 is 1.94 bits per heavy atom. The fraction of sp³-hybridized carbons (Fsp3) is 0.250. The fourth-order valence-corrected chi connectivity index (χ4v) is 1.47. The Hall–Kier alpha value is -1.30. The summed E-state index contributed by atoms with van der Waals surface area (Å²) in [4.78, 5) is 3.49. The highest BCUT2D eigenvalue weighted by atomic mass is 31.0. The molecule has 0 saturated carbocycles. The van der Waals surface area contributed by atoms with Crippen molar-refractivity contribution < 1.29 is 22.0 Å². The first kappa shape index (κ1) is 10.8. The molecule has 17 heavy (non-hydrogen) atoms. The molecule has 0 saturated heterocycles. The molecule has 1 unspecified atom stereocenters. The molecule has 9 heteroatoms. The Bertz CT molecular complexity index is 582. The fourth-order valence-electron chi connectivity index (χ4n) is 1.24. The molecule has 1 atom stereocenters. The van der Waals surface area contributed by atoms with Gasteiger partial charge in [-0.25, -0.2) is 0 Å². The van der Waals surface area contributed by atoms with Gasteiger partial charge in [0.25, 0.3) is 0 Å². The molecule has 3 nitrogen and oxygen atoms in total. The number of hydrogen-bond donors (Lipinski definition) is 0. The lowest BCUT2D eigenvalue weighted by molar-refractivity contribution is -0.289. The van der Waals surface area contributed by atoms with Crippen LogP contribution in [-0.2, 0) is 5.92 Å². The molecule has 2 heterocycles. The van der Waals surface area contributed by atoms with Crippen LogP contribution in [-0.4, -0.2) is 22.0 Å². The van der Waals surface area contributed by atoms with Crippen LogP contribution in [0.5, 0.6) is 0 Å². The molecule has 0 radical (unpaired) electrons. The molecule has 0 aliphatic rings. The maximum Gasteiger partial charge on any atom is 0.458 e. The van der Waals surface area contributed by atoms with Crippen molar-refractivity contribution in [2.24, 2.45) is 0 Å². The summed E-state index contributed by atoms with van der Waals surface area (Å²) in [6.45, 7) is 0. The van der Waals surface area contributed by atoms with Gasteiger partial charge in [-0.15, -0.1) is 0 Å². The second kappa shape index (κ2) is 3.60. The van der Waals surface area contributed by atoms with E-state index in [4.69, 9.17) is 1.28 Å². The smallest absolute Gasteiger partial charge is 0.256 e. The molecule has 2 rings (SSSR count). The van der Waals surface area contributed by atoms with E-state index in [-0.39, 0.29) is 11.0 Å². The van der Waals surface area contributed by atoms with Crippen LogP contribution >= 0.6 is 9.34 Å². The summed E-state index contributed by atoms with van der Waals surface area (Å²) < 4.78 is 70.7. The van der Waals surface area contributed by atoms with Gasteiger partial charge in [0.1, 0.15) is 11.0 Å². The number of halogens is 5. The molecule has 0 amide bonds. The van der Waals surface area contributed by atoms with E-state index in [0.29, 0.717) is 12.3 Å². The van der Waals surface area contributed by atoms with Crippen LogP contribution in [0.25, 0.3) is 11.0 Å². The lowest BCUT2D eigenvalue weighted by Gasteiger charge is -2.19. The first-order chi connectivity index (χ1) is 8.25. The minimum absolute atomic E-state index is 0.101. The normalized spacial score (nSPS) is 14.8. The van der Waals surface area contributed by atoms with E-state index in [2.05, 4.69) is 10.1 Å². The summed E-state index contributed by atoms with van der Waals surface area (Å²) in [7, 11) is -0.508. The summed E-state index contributed by atoms with van der Waals surface area (Å²) in [6, 6.07) is 0.631. The Morgan fingerprint density at radius 3 is 2.53 bits per heavy atom. The van der Waals surface area contributed by atoms with E-state index in [1.54, 1.807) is 0 Å². The van der Waals surface area contributed by atoms with Crippen LogP contribution < -0.4 is 0 Å². The number of fused-ring (bicyclic) bond motifs is 1. The van der Waals surface area contributed by atoms with E-state index in [0.717, 1.165) is 4.45 Å². The third kappa shape index (κ3) is 1.97. The van der Waals surface area contributed by atoms with Crippen LogP contribution in [0.2, 0.25) is 0 Å². The quantitative estimate of drug-likeness (QED) is 0.621. The van der Waals surface area contributed by atoms with Gasteiger partial charge >= 0.3 is 12.1 Å². The van der Waals surface area contributed by atoms with Gasteiger partial charge in [0, 0.05) is 6.20 Å². The van der Waals surface area contributed by atoms with Crippen molar-refractivity contribution in [1.29, 1.82) is 1.28 Å². The highest BCUT2D eigenvalue weighted by Crippen LogP contribution is 2.43. The predicted octanol–water partition coefficient (Wildman–Crippen LogP) is 2.72. The number of aromatic nitrogens is 3. The maximum atomic E-state index is 13.0. The van der Waals surface area contributed by atoms with Crippen molar-refractivity contribution in [3.63, 3.8) is 0 Å². The van der Waals surface area contributed by atoms with Crippen molar-refractivity contribution in [2.45, 2.75) is 12.1 Å². The minimum Gasteiger partial charge on any atom is -0.256 e. The predicted molar refractivity (Wildman–Crippen MR) is 52.6 cm³/mol. The van der Waals surface area contributed by atoms with Gasteiger partial charge in [0.15, 0.2) is 0 Å². The minimum atomic E-state index is -5.68. The van der Waals surface area contributed by atoms with Crippen molar-refractivity contribution in [1.82, 2.24) is 14.5 Å². The molecule has 2 aromatic heterocycles. The number of hydrogen-bond acceptors (Lipinski definition) is 2. The van der Waals surface area contributed by atoms with Crippen LogP contribution in [0.15, 0.2) is 18.5 Å². The Morgan fingerprint density at radius 1 is 1.24 bits per heavy atom. The number of nitrogens with zero attached hydrogens (tertiary/aromatic N) is 3. The molecule has 2 aromatic rings. The summed E-state index contributed by atoms with van der Waals surface area (Å²) >= 11 is 0. The highest BCUT2D eigenvalue weighted by molar-refractivity contribution is 7.14. The summed E-state index contributed by atoms with van der Waals surface area (Å²) in [5, 5.41) is 3.67. The number of alkyl halides is 5. The van der Waals surface area contributed by atoms with Crippen LogP contribution in [0.1, 0.15) is 5.56 Å². The van der Waals surface area contributed by atoms with Gasteiger partial charge in [-0.05, 0) is 15.4 Å². The average Bonchev–Trinajstić information content (AvgIpc) is 2.68. The molecule has 0 N–H and O–H groups in total. The molecule has 0 fully saturated rings. The Balaban J connectivity index is 2.53. The second-order valence-electron chi connectivity index (χ2n) is 3.27. The molecule has 0 aliphatic carbocycles. The Labute approximate surface area is 95.2 Å². The molecule has 0 spiro atoms. The molecular weight excluding hydrogens is 264 g/mol. The number of pyridine rings is 1. The van der Waals surface area contributed by atoms with Gasteiger partial charge in [0.2, 0.25) is 0 Å². The third-order valence-corrected chi connectivity index (χ3v) is 2.31. The maximum absolute atomic E-state index is 13.0. The average molecular weight is 271 g/mol. The van der Waals surface area contributed by atoms with Crippen molar-refractivity contribution >= 4 is 20.4 Å². The van der Waals surface area contributed by atoms with Crippen LogP contribution in [0.4, 0.5) is 22.0 Å². The van der Waals surface area contributed by atoms with Gasteiger partial charge in [-0.3, -0.25) is 9.44 Å². The largest absolute Gasteiger partial charge is 0.458 e. The zero-order valence-electron chi connectivity index (χ0n) is 8.96. The van der Waals surface area contributed by atoms with Gasteiger partial charge in [-0.1, -0.05) is 0 Å². The molecule has 0 bridgehead atoms. The second-order valence-corrected chi connectivity index (χ2v) is 3.73. The summed E-state index contributed by atoms with van der Waals surface area (Å²) in [5.74, 6) is -4.97. The van der Waals surface area contributed by atoms with Crippen molar-refractivity contribution in [3.05, 3.63) is 24.0 Å². The zero-order valence-corrected chi connectivity index (χ0v) is 8.96. The van der Waals surface area contributed by atoms with Crippen molar-refractivity contribution in [2.75, 3.05) is 0 Å². The van der Waals surface area contributed by atoms with E-state index in [1.807, 2.05) is 0 Å². The standard InChI is InChI=1S/C8H5F5N3P/c9-7(10,8(11,12)13)4-1-5-6(14-2-4)3-16(17)15-5/h1-3H,17H2/i17T. The van der Waals surface area contributed by atoms with E-state index >= 15 is 0 Å². The monoisotopic (exact) mass is 271 g/mol. The molecule has 0 aromatic carbocycles. The molecular formula is C8H5F5N3P. The molecule has 0 aliphatic heterocycles. The number of rotatable bonds is 2. The van der Waals surface area contributed by atoms with E-state index in [9.17, 15) is 22.0 Å². The lowest BCUT2D eigenvalue weighted by Crippen LogP contribution is -2.33. The summed E-state index contributed by atoms with van der Waals surface area (Å²) in [6.07, 6.45) is -3.91. The Kier molecular flexibility index (Phi) is 2.29.